The van der Waals surface area contributed by atoms with Crippen LogP contribution in [-0.2, 0) is 20.9 Å². The zero-order valence-electron chi connectivity index (χ0n) is 15.3. The average Bonchev–Trinajstić information content (AvgIpc) is 3.11. The Bertz CT molecular complexity index is 943. The fourth-order valence-electron chi connectivity index (χ4n) is 2.54. The van der Waals surface area contributed by atoms with E-state index >= 15 is 0 Å². The lowest BCUT2D eigenvalue weighted by Crippen LogP contribution is -2.34. The summed E-state index contributed by atoms with van der Waals surface area (Å²) in [7, 11) is 0. The van der Waals surface area contributed by atoms with Gasteiger partial charge >= 0.3 is 5.97 Å². The van der Waals surface area contributed by atoms with Gasteiger partial charge < -0.3 is 14.1 Å². The van der Waals surface area contributed by atoms with Crippen LogP contribution in [0.15, 0.2) is 58.2 Å². The Labute approximate surface area is 165 Å². The number of halogens is 1. The van der Waals surface area contributed by atoms with Crippen molar-refractivity contribution >= 4 is 34.7 Å². The van der Waals surface area contributed by atoms with E-state index in [2.05, 4.69) is 4.98 Å². The Kier molecular flexibility index (Phi) is 6.65. The number of amides is 1. The van der Waals surface area contributed by atoms with Gasteiger partial charge in [0.1, 0.15) is 17.1 Å². The van der Waals surface area contributed by atoms with E-state index in [1.54, 1.807) is 18.2 Å². The second-order valence-corrected chi connectivity index (χ2v) is 6.86. The van der Waals surface area contributed by atoms with Crippen LogP contribution in [0.25, 0.3) is 11.1 Å². The Hall–Kier alpha value is -2.87. The van der Waals surface area contributed by atoms with Crippen molar-refractivity contribution in [3.63, 3.8) is 0 Å². The predicted octanol–water partition coefficient (Wildman–Crippen LogP) is 3.65. The van der Waals surface area contributed by atoms with Crippen molar-refractivity contribution in [1.82, 2.24) is 9.88 Å². The van der Waals surface area contributed by atoms with E-state index < -0.39 is 5.97 Å². The summed E-state index contributed by atoms with van der Waals surface area (Å²) in [6.45, 7) is 2.12. The summed E-state index contributed by atoms with van der Waals surface area (Å²) in [6.07, 6.45) is 0. The molecule has 1 heterocycles. The summed E-state index contributed by atoms with van der Waals surface area (Å²) in [5.74, 6) is -1.26. The molecule has 6 nitrogen and oxygen atoms in total. The maximum Gasteiger partial charge on any atom is 0.316 e. The van der Waals surface area contributed by atoms with E-state index in [4.69, 9.17) is 9.15 Å². The molecule has 0 aliphatic rings. The van der Waals surface area contributed by atoms with E-state index in [0.717, 1.165) is 11.8 Å². The van der Waals surface area contributed by atoms with Crippen LogP contribution in [0.1, 0.15) is 12.5 Å². The molecule has 0 radical (unpaired) electrons. The zero-order valence-corrected chi connectivity index (χ0v) is 16.1. The molecule has 0 aliphatic heterocycles. The number of oxazole rings is 1. The largest absolute Gasteiger partial charge is 0.455 e. The molecule has 0 aliphatic carbocycles. The molecule has 28 heavy (non-hydrogen) atoms. The molecule has 0 unspecified atom stereocenters. The van der Waals surface area contributed by atoms with Gasteiger partial charge in [-0.2, -0.15) is 0 Å². The molecule has 8 heteroatoms. The molecule has 2 aromatic carbocycles. The number of esters is 1. The third-order valence-electron chi connectivity index (χ3n) is 3.94. The quantitative estimate of drug-likeness (QED) is 0.423. The first kappa shape index (κ1) is 19.9. The molecule has 0 fully saturated rings. The minimum absolute atomic E-state index is 0.0177. The van der Waals surface area contributed by atoms with Crippen molar-refractivity contribution in [1.29, 1.82) is 0 Å². The minimum Gasteiger partial charge on any atom is -0.455 e. The van der Waals surface area contributed by atoms with Crippen molar-refractivity contribution in [3.05, 3.63) is 59.9 Å². The standard InChI is InChI=1S/C20H19FN2O4S/c1-2-23(11-14-6-5-7-15(21)10-14)18(24)12-26-19(25)13-28-20-22-16-8-3-4-9-17(16)27-20/h3-10H,2,11-13H2,1H3. The number of carbonyl (C=O) groups excluding carboxylic acids is 2. The van der Waals surface area contributed by atoms with Gasteiger partial charge in [-0.1, -0.05) is 36.0 Å². The van der Waals surface area contributed by atoms with Gasteiger partial charge in [0.2, 0.25) is 0 Å². The van der Waals surface area contributed by atoms with Crippen LogP contribution in [0.2, 0.25) is 0 Å². The first-order chi connectivity index (χ1) is 13.5. The molecule has 146 valence electrons. The third kappa shape index (κ3) is 5.32. The number of fused-ring (bicyclic) bond motifs is 1. The Morgan fingerprint density at radius 3 is 2.79 bits per heavy atom. The number of para-hydroxylation sites is 2. The number of rotatable bonds is 8. The number of ether oxygens (including phenoxy) is 1. The molecular formula is C20H19FN2O4S. The van der Waals surface area contributed by atoms with Crippen LogP contribution in [0.5, 0.6) is 0 Å². The van der Waals surface area contributed by atoms with Gasteiger partial charge in [-0.25, -0.2) is 9.37 Å². The highest BCUT2D eigenvalue weighted by Gasteiger charge is 2.16. The lowest BCUT2D eigenvalue weighted by Gasteiger charge is -2.20. The van der Waals surface area contributed by atoms with Crippen molar-refractivity contribution in [2.75, 3.05) is 18.9 Å². The van der Waals surface area contributed by atoms with E-state index in [1.165, 1.54) is 17.0 Å². The van der Waals surface area contributed by atoms with Crippen LogP contribution in [-0.4, -0.2) is 40.7 Å². The maximum absolute atomic E-state index is 13.3. The van der Waals surface area contributed by atoms with Crippen LogP contribution in [0, 0.1) is 5.82 Å². The summed E-state index contributed by atoms with van der Waals surface area (Å²) in [5, 5.41) is 0.366. The number of thioether (sulfide) groups is 1. The lowest BCUT2D eigenvalue weighted by molar-refractivity contribution is -0.150. The summed E-state index contributed by atoms with van der Waals surface area (Å²) in [6, 6.07) is 13.3. The van der Waals surface area contributed by atoms with Crippen LogP contribution in [0.3, 0.4) is 0 Å². The van der Waals surface area contributed by atoms with E-state index in [1.807, 2.05) is 25.1 Å². The Morgan fingerprint density at radius 2 is 2.04 bits per heavy atom. The molecule has 0 bridgehead atoms. The van der Waals surface area contributed by atoms with E-state index in [-0.39, 0.29) is 30.6 Å². The third-order valence-corrected chi connectivity index (χ3v) is 4.74. The molecule has 1 amide bonds. The van der Waals surface area contributed by atoms with Gasteiger partial charge in [-0.15, -0.1) is 0 Å². The molecule has 3 aromatic rings. The number of benzene rings is 2. The van der Waals surface area contributed by atoms with Crippen LogP contribution in [0.4, 0.5) is 4.39 Å². The predicted molar refractivity (Wildman–Crippen MR) is 103 cm³/mol. The SMILES string of the molecule is CCN(Cc1cccc(F)c1)C(=O)COC(=O)CSc1nc2ccccc2o1. The van der Waals surface area contributed by atoms with E-state index in [9.17, 15) is 14.0 Å². The number of nitrogens with zero attached hydrogens (tertiary/aromatic N) is 2. The number of likely N-dealkylation sites (N-methyl/N-ethyl adjacent to an activating group) is 1. The molecule has 0 spiro atoms. The second kappa shape index (κ2) is 9.36. The highest BCUT2D eigenvalue weighted by molar-refractivity contribution is 7.99. The maximum atomic E-state index is 13.3. The van der Waals surface area contributed by atoms with Crippen molar-refractivity contribution in [2.45, 2.75) is 18.7 Å². The number of hydrogen-bond donors (Lipinski definition) is 0. The number of hydrogen-bond acceptors (Lipinski definition) is 6. The Balaban J connectivity index is 1.46. The van der Waals surface area contributed by atoms with Crippen molar-refractivity contribution < 1.29 is 23.1 Å². The van der Waals surface area contributed by atoms with Gasteiger partial charge in [0.25, 0.3) is 11.1 Å². The second-order valence-electron chi connectivity index (χ2n) is 5.93. The van der Waals surface area contributed by atoms with Gasteiger partial charge in [0.05, 0.1) is 0 Å². The zero-order chi connectivity index (χ0) is 19.9. The fraction of sp³-hybridized carbons (Fsp3) is 0.250. The lowest BCUT2D eigenvalue weighted by atomic mass is 10.2. The van der Waals surface area contributed by atoms with Crippen molar-refractivity contribution in [3.8, 4) is 0 Å². The average molecular weight is 402 g/mol. The first-order valence-electron chi connectivity index (χ1n) is 8.71. The molecular weight excluding hydrogens is 383 g/mol. The smallest absolute Gasteiger partial charge is 0.316 e. The van der Waals surface area contributed by atoms with Gasteiger partial charge in [0, 0.05) is 13.1 Å². The highest BCUT2D eigenvalue weighted by Crippen LogP contribution is 2.23. The molecule has 1 aromatic heterocycles. The van der Waals surface area contributed by atoms with Crippen LogP contribution < -0.4 is 0 Å². The topological polar surface area (TPSA) is 72.6 Å². The van der Waals surface area contributed by atoms with Crippen LogP contribution >= 0.6 is 11.8 Å². The first-order valence-corrected chi connectivity index (χ1v) is 9.70. The number of carbonyl (C=O) groups is 2. The fourth-order valence-corrected chi connectivity index (χ4v) is 3.18. The normalized spacial score (nSPS) is 10.8. The minimum atomic E-state index is -0.539. The summed E-state index contributed by atoms with van der Waals surface area (Å²) in [4.78, 5) is 29.9. The molecule has 0 saturated heterocycles. The number of aromatic nitrogens is 1. The van der Waals surface area contributed by atoms with Gasteiger partial charge in [-0.3, -0.25) is 9.59 Å². The van der Waals surface area contributed by atoms with Crippen molar-refractivity contribution in [2.24, 2.45) is 0 Å². The monoisotopic (exact) mass is 402 g/mol. The summed E-state index contributed by atoms with van der Waals surface area (Å²) >= 11 is 1.11. The molecule has 0 N–H and O–H groups in total. The summed E-state index contributed by atoms with van der Waals surface area (Å²) < 4.78 is 23.8. The van der Waals surface area contributed by atoms with Gasteiger partial charge in [0.15, 0.2) is 12.2 Å². The van der Waals surface area contributed by atoms with E-state index in [0.29, 0.717) is 28.4 Å². The molecule has 0 atom stereocenters. The Morgan fingerprint density at radius 1 is 1.21 bits per heavy atom. The molecule has 0 saturated carbocycles. The summed E-state index contributed by atoms with van der Waals surface area (Å²) in [5.41, 5.74) is 2.03. The molecule has 3 rings (SSSR count). The van der Waals surface area contributed by atoms with Gasteiger partial charge in [-0.05, 0) is 36.8 Å². The highest BCUT2D eigenvalue weighted by atomic mass is 32.2.